The molecule has 0 saturated heterocycles. The van der Waals surface area contributed by atoms with Gasteiger partial charge in [0, 0.05) is 11.1 Å². The van der Waals surface area contributed by atoms with Crippen molar-refractivity contribution in [3.8, 4) is 0 Å². The van der Waals surface area contributed by atoms with Crippen LogP contribution in [-0.2, 0) is 29.3 Å². The average molecular weight is 387 g/mol. The van der Waals surface area contributed by atoms with E-state index in [-0.39, 0.29) is 11.5 Å². The van der Waals surface area contributed by atoms with Crippen LogP contribution < -0.4 is 4.31 Å². The van der Waals surface area contributed by atoms with Crippen LogP contribution in [-0.4, -0.2) is 33.3 Å². The van der Waals surface area contributed by atoms with Gasteiger partial charge in [-0.2, -0.15) is 0 Å². The van der Waals surface area contributed by atoms with Crippen molar-refractivity contribution in [2.24, 2.45) is 0 Å². The molecule has 4 rings (SSSR count). The van der Waals surface area contributed by atoms with Crippen molar-refractivity contribution in [3.63, 3.8) is 0 Å². The second-order valence-electron chi connectivity index (χ2n) is 5.97. The summed E-state index contributed by atoms with van der Waals surface area (Å²) in [5.74, 6) is -0.592. The smallest absolute Gasteiger partial charge is 0.342 e. The number of benzene rings is 2. The fraction of sp³-hybridized carbons (Fsp3) is 0.211. The molecule has 140 valence electrons. The highest BCUT2D eigenvalue weighted by Crippen LogP contribution is 2.45. The van der Waals surface area contributed by atoms with Crippen molar-refractivity contribution < 1.29 is 27.7 Å². The zero-order valence-corrected chi connectivity index (χ0v) is 15.3. The number of carbonyl (C=O) groups is 1. The Morgan fingerprint density at radius 1 is 1.07 bits per heavy atom. The van der Waals surface area contributed by atoms with E-state index in [4.69, 9.17) is 14.5 Å². The molecule has 2 aromatic carbocycles. The monoisotopic (exact) mass is 387 g/mol. The van der Waals surface area contributed by atoms with Gasteiger partial charge in [0.1, 0.15) is 0 Å². The van der Waals surface area contributed by atoms with Crippen LogP contribution in [0.4, 0.5) is 5.69 Å². The maximum atomic E-state index is 13.2. The van der Waals surface area contributed by atoms with Crippen molar-refractivity contribution in [2.75, 3.05) is 10.9 Å². The molecule has 0 fully saturated rings. The van der Waals surface area contributed by atoms with Crippen molar-refractivity contribution in [1.82, 2.24) is 0 Å². The number of para-hydroxylation sites is 1. The Hall–Kier alpha value is -2.68. The lowest BCUT2D eigenvalue weighted by Gasteiger charge is -2.29. The number of anilines is 1. The normalized spacial score (nSPS) is 21.2. The Bertz CT molecular complexity index is 1000. The van der Waals surface area contributed by atoms with Gasteiger partial charge in [-0.1, -0.05) is 36.4 Å². The Balaban J connectivity index is 1.81. The highest BCUT2D eigenvalue weighted by atomic mass is 32.2. The number of ether oxygens (including phenoxy) is 1. The summed E-state index contributed by atoms with van der Waals surface area (Å²) in [6.07, 6.45) is -0.521. The quantitative estimate of drug-likeness (QED) is 0.592. The highest BCUT2D eigenvalue weighted by molar-refractivity contribution is 7.93. The first-order chi connectivity index (χ1) is 13.0. The van der Waals surface area contributed by atoms with Crippen LogP contribution in [0.3, 0.4) is 0 Å². The van der Waals surface area contributed by atoms with Gasteiger partial charge in [0.2, 0.25) is 12.3 Å². The van der Waals surface area contributed by atoms with Crippen LogP contribution in [0.5, 0.6) is 0 Å². The summed E-state index contributed by atoms with van der Waals surface area (Å²) >= 11 is 0. The number of carbonyl (C=O) groups excluding carboxylic acids is 1. The summed E-state index contributed by atoms with van der Waals surface area (Å²) in [5.41, 5.74) is 1.68. The van der Waals surface area contributed by atoms with E-state index in [0.717, 1.165) is 0 Å². The standard InChI is InChI=1S/C19H17NO6S/c1-2-24-19(21)17-12-15-14-10-6-7-11-16(14)20(18(15)26-25-17)27(22,23)13-8-4-3-5-9-13/h3-12,17-18H,2H2,1H3/t17-,18+/m0/s1. The predicted octanol–water partition coefficient (Wildman–Crippen LogP) is 2.50. The third-order valence-corrected chi connectivity index (χ3v) is 6.11. The number of fused-ring (bicyclic) bond motifs is 3. The summed E-state index contributed by atoms with van der Waals surface area (Å²) in [6.45, 7) is 1.90. The SMILES string of the molecule is CCOC(=O)[C@@H]1C=C2c3ccccc3N(S(=O)(=O)c3ccccc3)[C@@H]2OO1. The lowest BCUT2D eigenvalue weighted by molar-refractivity contribution is -0.329. The largest absolute Gasteiger partial charge is 0.464 e. The number of hydrogen-bond acceptors (Lipinski definition) is 6. The summed E-state index contributed by atoms with van der Waals surface area (Å²) in [5, 5.41) is 0. The van der Waals surface area contributed by atoms with Gasteiger partial charge >= 0.3 is 5.97 Å². The Morgan fingerprint density at radius 2 is 1.78 bits per heavy atom. The number of hydrogen-bond donors (Lipinski definition) is 0. The minimum Gasteiger partial charge on any atom is -0.464 e. The summed E-state index contributed by atoms with van der Waals surface area (Å²) in [7, 11) is -3.90. The van der Waals surface area contributed by atoms with E-state index >= 15 is 0 Å². The van der Waals surface area contributed by atoms with Crippen molar-refractivity contribution in [2.45, 2.75) is 24.2 Å². The molecule has 2 heterocycles. The molecule has 7 nitrogen and oxygen atoms in total. The van der Waals surface area contributed by atoms with Gasteiger partial charge in [0.05, 0.1) is 17.2 Å². The number of nitrogens with zero attached hydrogens (tertiary/aromatic N) is 1. The van der Waals surface area contributed by atoms with E-state index in [1.54, 1.807) is 55.5 Å². The van der Waals surface area contributed by atoms with Crippen LogP contribution in [0.1, 0.15) is 12.5 Å². The average Bonchev–Trinajstić information content (AvgIpc) is 3.03. The van der Waals surface area contributed by atoms with Gasteiger partial charge in [-0.3, -0.25) is 0 Å². The molecule has 2 aromatic rings. The summed E-state index contributed by atoms with van der Waals surface area (Å²) in [6, 6.07) is 15.1. The zero-order valence-electron chi connectivity index (χ0n) is 14.4. The molecule has 0 N–H and O–H groups in total. The second-order valence-corrected chi connectivity index (χ2v) is 7.79. The molecule has 0 radical (unpaired) electrons. The Labute approximate surface area is 156 Å². The Kier molecular flexibility index (Phi) is 4.47. The maximum absolute atomic E-state index is 13.2. The van der Waals surface area contributed by atoms with Crippen LogP contribution in [0, 0.1) is 0 Å². The van der Waals surface area contributed by atoms with Gasteiger partial charge in [-0.25, -0.2) is 27.3 Å². The fourth-order valence-corrected chi connectivity index (χ4v) is 4.70. The molecule has 8 heteroatoms. The molecular formula is C19H17NO6S. The zero-order chi connectivity index (χ0) is 19.0. The lowest BCUT2D eigenvalue weighted by atomic mass is 10.0. The Morgan fingerprint density at radius 3 is 2.52 bits per heavy atom. The summed E-state index contributed by atoms with van der Waals surface area (Å²) < 4.78 is 32.6. The van der Waals surface area contributed by atoms with Gasteiger partial charge < -0.3 is 4.74 Å². The predicted molar refractivity (Wildman–Crippen MR) is 96.9 cm³/mol. The molecule has 0 bridgehead atoms. The molecule has 0 unspecified atom stereocenters. The summed E-state index contributed by atoms with van der Waals surface area (Å²) in [4.78, 5) is 22.6. The minimum atomic E-state index is -3.90. The molecule has 2 atom stereocenters. The van der Waals surface area contributed by atoms with Gasteiger partial charge in [-0.05, 0) is 31.2 Å². The first-order valence-electron chi connectivity index (χ1n) is 8.43. The van der Waals surface area contributed by atoms with Crippen LogP contribution in [0.25, 0.3) is 5.57 Å². The topological polar surface area (TPSA) is 82.1 Å². The third kappa shape index (κ3) is 2.91. The molecule has 0 saturated carbocycles. The van der Waals surface area contributed by atoms with Crippen LogP contribution in [0.2, 0.25) is 0 Å². The van der Waals surface area contributed by atoms with Gasteiger partial charge in [-0.15, -0.1) is 0 Å². The van der Waals surface area contributed by atoms with Crippen molar-refractivity contribution in [3.05, 3.63) is 66.2 Å². The first-order valence-corrected chi connectivity index (χ1v) is 9.87. The van der Waals surface area contributed by atoms with Gasteiger partial charge in [0.25, 0.3) is 10.0 Å². The molecule has 27 heavy (non-hydrogen) atoms. The minimum absolute atomic E-state index is 0.136. The molecule has 0 amide bonds. The van der Waals surface area contributed by atoms with E-state index in [1.165, 1.54) is 16.4 Å². The van der Waals surface area contributed by atoms with Gasteiger partial charge in [0.15, 0.2) is 0 Å². The van der Waals surface area contributed by atoms with Crippen molar-refractivity contribution >= 4 is 27.3 Å². The van der Waals surface area contributed by atoms with E-state index in [0.29, 0.717) is 16.8 Å². The van der Waals surface area contributed by atoms with Crippen LogP contribution >= 0.6 is 0 Å². The molecular weight excluding hydrogens is 370 g/mol. The molecule has 0 aliphatic carbocycles. The third-order valence-electron chi connectivity index (χ3n) is 4.33. The van der Waals surface area contributed by atoms with E-state index in [1.807, 2.05) is 0 Å². The number of rotatable bonds is 4. The van der Waals surface area contributed by atoms with E-state index in [9.17, 15) is 13.2 Å². The number of esters is 1. The maximum Gasteiger partial charge on any atom is 0.342 e. The van der Waals surface area contributed by atoms with E-state index < -0.39 is 28.3 Å². The highest BCUT2D eigenvalue weighted by Gasteiger charge is 2.46. The van der Waals surface area contributed by atoms with E-state index in [2.05, 4.69) is 0 Å². The lowest BCUT2D eigenvalue weighted by Crippen LogP contribution is -2.43. The second kappa shape index (κ2) is 6.80. The fourth-order valence-electron chi connectivity index (χ4n) is 3.16. The number of sulfonamides is 1. The molecule has 0 aromatic heterocycles. The molecule has 2 aliphatic rings. The molecule has 2 aliphatic heterocycles. The van der Waals surface area contributed by atoms with Crippen LogP contribution in [0.15, 0.2) is 65.6 Å². The molecule has 0 spiro atoms. The first kappa shape index (κ1) is 17.7. The van der Waals surface area contributed by atoms with Crippen molar-refractivity contribution in [1.29, 1.82) is 0 Å².